The smallest absolute Gasteiger partial charge is 0.396 e. The number of pyridine rings is 1. The minimum Gasteiger partial charge on any atom is -0.459 e. The number of fused-ring (bicyclic) bond motifs is 1. The number of aromatic nitrogens is 1. The summed E-state index contributed by atoms with van der Waals surface area (Å²) in [7, 11) is 0. The fraction of sp³-hybridized carbons (Fsp3) is 0.300. The second kappa shape index (κ2) is 8.77. The Balaban J connectivity index is 1.81. The Bertz CT molecular complexity index is 855. The van der Waals surface area contributed by atoms with E-state index in [-0.39, 0.29) is 12.0 Å². The van der Waals surface area contributed by atoms with Gasteiger partial charge in [0.15, 0.2) is 0 Å². The largest absolute Gasteiger partial charge is 0.459 e. The van der Waals surface area contributed by atoms with Crippen molar-refractivity contribution in [3.05, 3.63) is 59.4 Å². The second-order valence-corrected chi connectivity index (χ2v) is 6.73. The molecule has 2 aromatic rings. The molecule has 1 amide bonds. The van der Waals surface area contributed by atoms with E-state index in [9.17, 15) is 9.59 Å². The van der Waals surface area contributed by atoms with E-state index in [1.54, 1.807) is 25.4 Å². The van der Waals surface area contributed by atoms with Crippen molar-refractivity contribution in [3.63, 3.8) is 0 Å². The minimum atomic E-state index is -0.901. The normalized spacial score (nSPS) is 16.3. The number of hydrogen-bond acceptors (Lipinski definition) is 5. The van der Waals surface area contributed by atoms with Gasteiger partial charge in [0.2, 0.25) is 0 Å². The first-order chi connectivity index (χ1) is 13.1. The topological polar surface area (TPSA) is 80.7 Å². The zero-order chi connectivity index (χ0) is 19.2. The molecular formula is C20H20ClN3O3. The molecule has 2 atom stereocenters. The summed E-state index contributed by atoms with van der Waals surface area (Å²) in [5, 5.41) is 2.63. The summed E-state index contributed by atoms with van der Waals surface area (Å²) in [6, 6.07) is 10.9. The molecule has 0 aliphatic carbocycles. The monoisotopic (exact) mass is 385 g/mol. The Morgan fingerprint density at radius 1 is 1.33 bits per heavy atom. The summed E-state index contributed by atoms with van der Waals surface area (Å²) in [6.45, 7) is 1.80. The third-order valence-corrected chi connectivity index (χ3v) is 4.46. The van der Waals surface area contributed by atoms with E-state index in [0.717, 1.165) is 23.2 Å². The molecule has 1 aliphatic heterocycles. The van der Waals surface area contributed by atoms with E-state index < -0.39 is 17.9 Å². The summed E-state index contributed by atoms with van der Waals surface area (Å²) >= 11 is 6.11. The molecule has 0 bridgehead atoms. The van der Waals surface area contributed by atoms with Crippen molar-refractivity contribution in [2.24, 2.45) is 4.99 Å². The number of hydrogen-bond donors (Lipinski definition) is 1. The molecule has 140 valence electrons. The Kier molecular flexibility index (Phi) is 6.19. The lowest BCUT2D eigenvalue weighted by Crippen LogP contribution is -2.36. The van der Waals surface area contributed by atoms with Crippen LogP contribution < -0.4 is 5.32 Å². The SMILES string of the molecule is CCOC(=O)C(=O)NC(Cc1ccc2c(c1)N=CC(Cl)C2)c1ccccn1. The van der Waals surface area contributed by atoms with Gasteiger partial charge >= 0.3 is 11.9 Å². The van der Waals surface area contributed by atoms with Crippen molar-refractivity contribution in [3.8, 4) is 0 Å². The van der Waals surface area contributed by atoms with Gasteiger partial charge in [-0.1, -0.05) is 18.2 Å². The lowest BCUT2D eigenvalue weighted by molar-refractivity contribution is -0.154. The van der Waals surface area contributed by atoms with E-state index in [1.165, 1.54) is 0 Å². The lowest BCUT2D eigenvalue weighted by atomic mass is 9.97. The summed E-state index contributed by atoms with van der Waals surface area (Å²) < 4.78 is 4.77. The van der Waals surface area contributed by atoms with Crippen molar-refractivity contribution in [1.29, 1.82) is 0 Å². The number of ether oxygens (including phenoxy) is 1. The van der Waals surface area contributed by atoms with Crippen LogP contribution in [0.3, 0.4) is 0 Å². The van der Waals surface area contributed by atoms with Gasteiger partial charge in [0, 0.05) is 12.4 Å². The van der Waals surface area contributed by atoms with E-state index in [1.807, 2.05) is 30.3 Å². The summed E-state index contributed by atoms with van der Waals surface area (Å²) in [5.74, 6) is -1.69. The Morgan fingerprint density at radius 3 is 2.93 bits per heavy atom. The van der Waals surface area contributed by atoms with Gasteiger partial charge < -0.3 is 10.1 Å². The second-order valence-electron chi connectivity index (χ2n) is 6.17. The lowest BCUT2D eigenvalue weighted by Gasteiger charge is -2.19. The molecule has 1 aromatic carbocycles. The molecule has 6 nitrogen and oxygen atoms in total. The number of nitrogens with one attached hydrogen (secondary N) is 1. The van der Waals surface area contributed by atoms with E-state index in [0.29, 0.717) is 12.1 Å². The van der Waals surface area contributed by atoms with Crippen molar-refractivity contribution in [1.82, 2.24) is 10.3 Å². The standard InChI is InChI=1S/C20H20ClN3O3/c1-2-27-20(26)19(25)24-18(16-5-3-4-8-22-16)10-13-6-7-14-11-15(21)12-23-17(14)9-13/h3-9,12,15,18H,2,10-11H2,1H3,(H,24,25). The molecule has 0 fully saturated rings. The minimum absolute atomic E-state index is 0.0894. The number of benzene rings is 1. The van der Waals surface area contributed by atoms with Crippen molar-refractivity contribution in [2.45, 2.75) is 31.2 Å². The van der Waals surface area contributed by atoms with Crippen LogP contribution in [0.15, 0.2) is 47.6 Å². The number of amides is 1. The van der Waals surface area contributed by atoms with Gasteiger partial charge in [0.1, 0.15) is 0 Å². The maximum atomic E-state index is 12.1. The number of halogens is 1. The molecule has 0 radical (unpaired) electrons. The highest BCUT2D eigenvalue weighted by molar-refractivity contribution is 6.32. The third-order valence-electron chi connectivity index (χ3n) is 4.19. The first-order valence-corrected chi connectivity index (χ1v) is 9.19. The molecule has 27 heavy (non-hydrogen) atoms. The summed E-state index contributed by atoms with van der Waals surface area (Å²) in [5.41, 5.74) is 3.60. The number of nitrogens with zero attached hydrogens (tertiary/aromatic N) is 2. The number of rotatable bonds is 5. The molecule has 1 aliphatic rings. The predicted molar refractivity (Wildman–Crippen MR) is 103 cm³/mol. The average molecular weight is 386 g/mol. The van der Waals surface area contributed by atoms with E-state index in [4.69, 9.17) is 16.3 Å². The Hall–Kier alpha value is -2.73. The molecule has 2 unspecified atom stereocenters. The number of carbonyl (C=O) groups is 2. The van der Waals surface area contributed by atoms with E-state index >= 15 is 0 Å². The molecule has 0 saturated carbocycles. The van der Waals surface area contributed by atoms with Crippen molar-refractivity contribution >= 4 is 35.4 Å². The van der Waals surface area contributed by atoms with Gasteiger partial charge in [-0.05, 0) is 49.1 Å². The fourth-order valence-corrected chi connectivity index (χ4v) is 3.14. The Morgan fingerprint density at radius 2 is 2.19 bits per heavy atom. The highest BCUT2D eigenvalue weighted by Gasteiger charge is 2.23. The van der Waals surface area contributed by atoms with Crippen molar-refractivity contribution in [2.75, 3.05) is 6.61 Å². The van der Waals surface area contributed by atoms with Gasteiger partial charge in [-0.2, -0.15) is 0 Å². The number of aliphatic imine (C=N–C) groups is 1. The molecular weight excluding hydrogens is 366 g/mol. The predicted octanol–water partition coefficient (Wildman–Crippen LogP) is 2.91. The molecule has 2 heterocycles. The molecule has 3 rings (SSSR count). The molecule has 7 heteroatoms. The van der Waals surface area contributed by atoms with Crippen molar-refractivity contribution < 1.29 is 14.3 Å². The average Bonchev–Trinajstić information content (AvgIpc) is 2.68. The fourth-order valence-electron chi connectivity index (χ4n) is 2.91. The van der Waals surface area contributed by atoms with Crippen LogP contribution in [0, 0.1) is 0 Å². The maximum absolute atomic E-state index is 12.1. The van der Waals surface area contributed by atoms with Crippen LogP contribution in [0.1, 0.15) is 29.8 Å². The van der Waals surface area contributed by atoms with Gasteiger partial charge in [0.25, 0.3) is 0 Å². The number of alkyl halides is 1. The quantitative estimate of drug-likeness (QED) is 0.487. The van der Waals surface area contributed by atoms with E-state index in [2.05, 4.69) is 15.3 Å². The highest BCUT2D eigenvalue weighted by atomic mass is 35.5. The molecule has 0 saturated heterocycles. The molecule has 1 N–H and O–H groups in total. The zero-order valence-electron chi connectivity index (χ0n) is 14.9. The van der Waals surface area contributed by atoms with Crippen LogP contribution in [0.5, 0.6) is 0 Å². The number of esters is 1. The first kappa shape index (κ1) is 19.0. The van der Waals surface area contributed by atoms with Crippen LogP contribution in [0.25, 0.3) is 0 Å². The van der Waals surface area contributed by atoms with Gasteiger partial charge in [-0.3, -0.25) is 14.8 Å². The van der Waals surface area contributed by atoms with Gasteiger partial charge in [-0.25, -0.2) is 4.79 Å². The van der Waals surface area contributed by atoms with Gasteiger partial charge in [-0.15, -0.1) is 11.6 Å². The maximum Gasteiger partial charge on any atom is 0.396 e. The number of carbonyl (C=O) groups excluding carboxylic acids is 2. The summed E-state index contributed by atoms with van der Waals surface area (Å²) in [6.07, 6.45) is 4.59. The van der Waals surface area contributed by atoms with Crippen LogP contribution in [-0.2, 0) is 27.2 Å². The third kappa shape index (κ3) is 4.92. The summed E-state index contributed by atoms with van der Waals surface area (Å²) in [4.78, 5) is 32.5. The zero-order valence-corrected chi connectivity index (χ0v) is 15.6. The van der Waals surface area contributed by atoms with Gasteiger partial charge in [0.05, 0.1) is 29.4 Å². The molecule has 0 spiro atoms. The first-order valence-electron chi connectivity index (χ1n) is 8.75. The van der Waals surface area contributed by atoms with Crippen LogP contribution in [-0.4, -0.2) is 35.1 Å². The van der Waals surface area contributed by atoms with Crippen LogP contribution in [0.4, 0.5) is 5.69 Å². The Labute approximate surface area is 162 Å². The van der Waals surface area contributed by atoms with Crippen LogP contribution >= 0.6 is 11.6 Å². The van der Waals surface area contributed by atoms with Crippen LogP contribution in [0.2, 0.25) is 0 Å². The molecule has 1 aromatic heterocycles. The highest BCUT2D eigenvalue weighted by Crippen LogP contribution is 2.28.